The lowest BCUT2D eigenvalue weighted by Gasteiger charge is -1.85. The molecule has 0 amide bonds. The third-order valence-electron chi connectivity index (χ3n) is 0.900. The van der Waals surface area contributed by atoms with E-state index in [9.17, 15) is 4.79 Å². The molecule has 0 fully saturated rings. The maximum Gasteiger partial charge on any atom is 0.152 e. The predicted octanol–water partition coefficient (Wildman–Crippen LogP) is 1.56. The molecule has 0 saturated heterocycles. The molecule has 2 heteroatoms. The Morgan fingerprint density at radius 1 is 1.56 bits per heavy atom. The smallest absolute Gasteiger partial charge is 0.152 e. The molecule has 0 unspecified atom stereocenters. The van der Waals surface area contributed by atoms with Crippen molar-refractivity contribution in [3.63, 3.8) is 0 Å². The van der Waals surface area contributed by atoms with E-state index in [-0.39, 0.29) is 5.78 Å². The number of ketones is 1. The van der Waals surface area contributed by atoms with Crippen molar-refractivity contribution in [2.75, 3.05) is 0 Å². The van der Waals surface area contributed by atoms with Gasteiger partial charge in [0.1, 0.15) is 0 Å². The highest BCUT2D eigenvalue weighted by molar-refractivity contribution is 5.98. The predicted molar refractivity (Wildman–Crippen MR) is 37.8 cm³/mol. The van der Waals surface area contributed by atoms with Crippen LogP contribution in [0.4, 0.5) is 0 Å². The molecular formula is C7H11NO. The number of nitrogens with one attached hydrogen (secondary N) is 1. The Bertz CT molecular complexity index is 147. The molecule has 0 rings (SSSR count). The van der Waals surface area contributed by atoms with E-state index in [0.29, 0.717) is 12.1 Å². The number of hydrogen-bond acceptors (Lipinski definition) is 2. The Kier molecular flexibility index (Phi) is 3.60. The van der Waals surface area contributed by atoms with Crippen molar-refractivity contribution < 1.29 is 4.79 Å². The fourth-order valence-corrected chi connectivity index (χ4v) is 0.336. The zero-order valence-electron chi connectivity index (χ0n) is 5.77. The number of allylic oxidation sites excluding steroid dienone is 2. The number of hydrogen-bond donors (Lipinski definition) is 1. The summed E-state index contributed by atoms with van der Waals surface area (Å²) in [5, 5.41) is 7.09. The highest BCUT2D eigenvalue weighted by atomic mass is 16.1. The fourth-order valence-electron chi connectivity index (χ4n) is 0.336. The van der Waals surface area contributed by atoms with Crippen LogP contribution < -0.4 is 0 Å². The molecule has 0 aliphatic carbocycles. The summed E-state index contributed by atoms with van der Waals surface area (Å²) in [5.41, 5.74) is 0.491. The monoisotopic (exact) mass is 125 g/mol. The summed E-state index contributed by atoms with van der Waals surface area (Å²) >= 11 is 0. The van der Waals surface area contributed by atoms with Gasteiger partial charge in [-0.05, 0) is 25.5 Å². The molecule has 0 saturated carbocycles. The number of carbonyl (C=O) groups is 1. The summed E-state index contributed by atoms with van der Waals surface area (Å²) in [5.74, 6) is -0.00630. The molecule has 0 spiro atoms. The van der Waals surface area contributed by atoms with Gasteiger partial charge >= 0.3 is 0 Å². The van der Waals surface area contributed by atoms with Crippen LogP contribution in [-0.2, 0) is 4.79 Å². The minimum atomic E-state index is -0.00630. The van der Waals surface area contributed by atoms with Crippen LogP contribution in [0.2, 0.25) is 0 Å². The molecule has 2 nitrogen and oxygen atoms in total. The largest absolute Gasteiger partial charge is 0.305 e. The van der Waals surface area contributed by atoms with Gasteiger partial charge in [0.2, 0.25) is 0 Å². The molecule has 0 aromatic carbocycles. The van der Waals surface area contributed by atoms with Crippen LogP contribution in [0.25, 0.3) is 0 Å². The Labute approximate surface area is 55.1 Å². The molecule has 0 aliphatic rings. The first-order chi connectivity index (χ1) is 4.16. The van der Waals surface area contributed by atoms with Crippen molar-refractivity contribution in [2.24, 2.45) is 0 Å². The van der Waals surface area contributed by atoms with E-state index >= 15 is 0 Å². The van der Waals surface area contributed by atoms with Crippen LogP contribution in [0.1, 0.15) is 20.3 Å². The highest BCUT2D eigenvalue weighted by Gasteiger charge is 1.84. The summed E-state index contributed by atoms with van der Waals surface area (Å²) < 4.78 is 0. The standard InChI is InChI=1S/C7H11NO/c1-3-7(8)5-4-6(2)9/h4-5,8H,3H2,1-2H3/b5-4+,8-7?. The molecule has 0 aromatic rings. The maximum absolute atomic E-state index is 10.3. The van der Waals surface area contributed by atoms with Gasteiger partial charge < -0.3 is 5.41 Å². The van der Waals surface area contributed by atoms with Crippen LogP contribution in [-0.4, -0.2) is 11.5 Å². The Morgan fingerprint density at radius 2 is 2.11 bits per heavy atom. The van der Waals surface area contributed by atoms with Crippen LogP contribution in [0.15, 0.2) is 12.2 Å². The first kappa shape index (κ1) is 8.08. The van der Waals surface area contributed by atoms with Gasteiger partial charge in [0.05, 0.1) is 0 Å². The van der Waals surface area contributed by atoms with Gasteiger partial charge in [0.15, 0.2) is 5.78 Å². The van der Waals surface area contributed by atoms with Gasteiger partial charge in [0.25, 0.3) is 0 Å². The van der Waals surface area contributed by atoms with E-state index in [1.165, 1.54) is 19.1 Å². The summed E-state index contributed by atoms with van der Waals surface area (Å²) in [7, 11) is 0. The second-order valence-corrected chi connectivity index (χ2v) is 1.82. The zero-order valence-corrected chi connectivity index (χ0v) is 5.77. The van der Waals surface area contributed by atoms with E-state index in [1.54, 1.807) is 0 Å². The quantitative estimate of drug-likeness (QED) is 0.451. The van der Waals surface area contributed by atoms with E-state index < -0.39 is 0 Å². The van der Waals surface area contributed by atoms with Crippen LogP contribution in [0.5, 0.6) is 0 Å². The Hall–Kier alpha value is -0.920. The molecule has 0 heterocycles. The lowest BCUT2D eigenvalue weighted by Crippen LogP contribution is -1.88. The number of carbonyl (C=O) groups excluding carboxylic acids is 1. The van der Waals surface area contributed by atoms with E-state index in [2.05, 4.69) is 0 Å². The normalized spacial score (nSPS) is 10.0. The van der Waals surface area contributed by atoms with Gasteiger partial charge in [-0.25, -0.2) is 0 Å². The summed E-state index contributed by atoms with van der Waals surface area (Å²) in [6, 6.07) is 0. The molecule has 9 heavy (non-hydrogen) atoms. The molecule has 50 valence electrons. The average molecular weight is 125 g/mol. The van der Waals surface area contributed by atoms with Crippen molar-refractivity contribution in [1.82, 2.24) is 0 Å². The van der Waals surface area contributed by atoms with Crippen LogP contribution >= 0.6 is 0 Å². The van der Waals surface area contributed by atoms with Crippen molar-refractivity contribution in [3.8, 4) is 0 Å². The van der Waals surface area contributed by atoms with Crippen molar-refractivity contribution in [1.29, 1.82) is 5.41 Å². The summed E-state index contributed by atoms with van der Waals surface area (Å²) in [6.45, 7) is 3.35. The summed E-state index contributed by atoms with van der Waals surface area (Å²) in [6.07, 6.45) is 3.62. The topological polar surface area (TPSA) is 40.9 Å². The van der Waals surface area contributed by atoms with Crippen LogP contribution in [0, 0.1) is 5.41 Å². The van der Waals surface area contributed by atoms with Gasteiger partial charge in [-0.2, -0.15) is 0 Å². The van der Waals surface area contributed by atoms with Gasteiger partial charge in [-0.3, -0.25) is 4.79 Å². The Balaban J connectivity index is 3.71. The van der Waals surface area contributed by atoms with E-state index in [4.69, 9.17) is 5.41 Å². The highest BCUT2D eigenvalue weighted by Crippen LogP contribution is 1.83. The molecule has 0 bridgehead atoms. The zero-order chi connectivity index (χ0) is 7.28. The van der Waals surface area contributed by atoms with Gasteiger partial charge in [-0.15, -0.1) is 0 Å². The third-order valence-corrected chi connectivity index (χ3v) is 0.900. The van der Waals surface area contributed by atoms with Gasteiger partial charge in [-0.1, -0.05) is 6.92 Å². The van der Waals surface area contributed by atoms with E-state index in [0.717, 1.165) is 0 Å². The van der Waals surface area contributed by atoms with Crippen LogP contribution in [0.3, 0.4) is 0 Å². The van der Waals surface area contributed by atoms with Crippen molar-refractivity contribution in [3.05, 3.63) is 12.2 Å². The second kappa shape index (κ2) is 4.01. The molecule has 0 aliphatic heterocycles. The molecular weight excluding hydrogens is 114 g/mol. The van der Waals surface area contributed by atoms with E-state index in [1.807, 2.05) is 6.92 Å². The summed E-state index contributed by atoms with van der Waals surface area (Å²) in [4.78, 5) is 10.3. The fraction of sp³-hybridized carbons (Fsp3) is 0.429. The molecule has 0 radical (unpaired) electrons. The number of rotatable bonds is 3. The minimum absolute atomic E-state index is 0.00630. The maximum atomic E-state index is 10.3. The average Bonchev–Trinajstić information content (AvgIpc) is 1.83. The Morgan fingerprint density at radius 3 is 2.44 bits per heavy atom. The molecule has 0 atom stereocenters. The SMILES string of the molecule is CCC(=N)/C=C/C(C)=O. The second-order valence-electron chi connectivity index (χ2n) is 1.82. The third kappa shape index (κ3) is 4.94. The van der Waals surface area contributed by atoms with Crippen molar-refractivity contribution >= 4 is 11.5 Å². The van der Waals surface area contributed by atoms with Gasteiger partial charge in [0, 0.05) is 5.71 Å². The lowest BCUT2D eigenvalue weighted by molar-refractivity contribution is -0.112. The first-order valence-corrected chi connectivity index (χ1v) is 2.93. The molecule has 0 aromatic heterocycles. The van der Waals surface area contributed by atoms with Crippen molar-refractivity contribution in [2.45, 2.75) is 20.3 Å². The lowest BCUT2D eigenvalue weighted by atomic mass is 10.2. The molecule has 1 N–H and O–H groups in total. The minimum Gasteiger partial charge on any atom is -0.305 e. The first-order valence-electron chi connectivity index (χ1n) is 2.93.